The number of carbonyl (C=O) groups excluding carboxylic acids is 2. The molecule has 26 heavy (non-hydrogen) atoms. The largest absolute Gasteiger partial charge is 0.346 e. The number of amides is 2. The van der Waals surface area contributed by atoms with Crippen LogP contribution >= 0.6 is 0 Å². The minimum atomic E-state index is -0.255. The van der Waals surface area contributed by atoms with Gasteiger partial charge in [-0.1, -0.05) is 17.7 Å². The molecule has 2 amide bonds. The van der Waals surface area contributed by atoms with Crippen molar-refractivity contribution in [1.29, 1.82) is 0 Å². The molecule has 0 fully saturated rings. The topological polar surface area (TPSA) is 88.9 Å². The molecule has 1 atom stereocenters. The van der Waals surface area contributed by atoms with Crippen LogP contribution in [0.5, 0.6) is 0 Å². The van der Waals surface area contributed by atoms with E-state index in [9.17, 15) is 9.59 Å². The smallest absolute Gasteiger partial charge is 0.224 e. The van der Waals surface area contributed by atoms with Crippen molar-refractivity contribution in [3.63, 3.8) is 0 Å². The van der Waals surface area contributed by atoms with Crippen LogP contribution in [-0.2, 0) is 16.1 Å². The average Bonchev–Trinajstić information content (AvgIpc) is 3.05. The Balaban J connectivity index is 1.86. The summed E-state index contributed by atoms with van der Waals surface area (Å²) in [5, 5.41) is 9.88. The Bertz CT molecular complexity index is 774. The Hall–Kier alpha value is -2.70. The molecule has 0 bridgehead atoms. The molecule has 0 saturated carbocycles. The Morgan fingerprint density at radius 1 is 1.12 bits per heavy atom. The molecule has 0 radical (unpaired) electrons. The van der Waals surface area contributed by atoms with Gasteiger partial charge in [0.15, 0.2) is 0 Å². The molecular formula is C19H27N5O2. The zero-order chi connectivity index (χ0) is 19.3. The summed E-state index contributed by atoms with van der Waals surface area (Å²) in [4.78, 5) is 28.5. The van der Waals surface area contributed by atoms with Gasteiger partial charge in [0, 0.05) is 25.1 Å². The van der Waals surface area contributed by atoms with Crippen molar-refractivity contribution in [3.05, 3.63) is 41.0 Å². The number of hydrogen-bond acceptors (Lipinski definition) is 4. The first-order valence-corrected chi connectivity index (χ1v) is 8.86. The number of nitrogens with zero attached hydrogens (tertiary/aromatic N) is 3. The molecule has 0 spiro atoms. The number of aromatic nitrogens is 3. The maximum Gasteiger partial charge on any atom is 0.224 e. The monoisotopic (exact) mass is 357 g/mol. The van der Waals surface area contributed by atoms with E-state index in [0.717, 1.165) is 22.4 Å². The van der Waals surface area contributed by atoms with E-state index in [0.29, 0.717) is 12.4 Å². The van der Waals surface area contributed by atoms with Gasteiger partial charge in [0.2, 0.25) is 11.8 Å². The maximum absolute atomic E-state index is 12.2. The molecule has 1 aromatic carbocycles. The van der Waals surface area contributed by atoms with Gasteiger partial charge in [0.05, 0.1) is 6.04 Å². The summed E-state index contributed by atoms with van der Waals surface area (Å²) in [5.41, 5.74) is 4.03. The second kappa shape index (κ2) is 8.60. The molecule has 0 saturated heterocycles. The predicted molar refractivity (Wildman–Crippen MR) is 101 cm³/mol. The van der Waals surface area contributed by atoms with Gasteiger partial charge < -0.3 is 10.6 Å². The summed E-state index contributed by atoms with van der Waals surface area (Å²) in [6.07, 6.45) is 1.73. The van der Waals surface area contributed by atoms with Gasteiger partial charge in [-0.05, 0) is 45.7 Å². The van der Waals surface area contributed by atoms with E-state index in [2.05, 4.69) is 20.7 Å². The number of anilines is 1. The van der Waals surface area contributed by atoms with Gasteiger partial charge in [0.25, 0.3) is 0 Å². The third-order valence-electron chi connectivity index (χ3n) is 4.23. The molecule has 1 heterocycles. The van der Waals surface area contributed by atoms with Crippen LogP contribution in [0.2, 0.25) is 0 Å². The fourth-order valence-electron chi connectivity index (χ4n) is 3.04. The summed E-state index contributed by atoms with van der Waals surface area (Å²) in [7, 11) is 0. The highest BCUT2D eigenvalue weighted by Crippen LogP contribution is 2.22. The molecule has 140 valence electrons. The fraction of sp³-hybridized carbons (Fsp3) is 0.474. The van der Waals surface area contributed by atoms with E-state index in [4.69, 9.17) is 0 Å². The Morgan fingerprint density at radius 3 is 2.35 bits per heavy atom. The maximum atomic E-state index is 12.2. The van der Waals surface area contributed by atoms with Gasteiger partial charge in [0.1, 0.15) is 12.2 Å². The van der Waals surface area contributed by atoms with E-state index in [1.807, 2.05) is 46.8 Å². The summed E-state index contributed by atoms with van der Waals surface area (Å²) in [5.74, 6) is 0.353. The van der Waals surface area contributed by atoms with Gasteiger partial charge in [-0.25, -0.2) is 9.67 Å². The van der Waals surface area contributed by atoms with E-state index in [1.54, 1.807) is 4.68 Å². The van der Waals surface area contributed by atoms with Crippen LogP contribution in [0.1, 0.15) is 55.2 Å². The molecule has 0 unspecified atom stereocenters. The zero-order valence-electron chi connectivity index (χ0n) is 16.1. The average molecular weight is 357 g/mol. The molecule has 2 N–H and O–H groups in total. The highest BCUT2D eigenvalue weighted by Gasteiger charge is 2.16. The van der Waals surface area contributed by atoms with Crippen LogP contribution in [-0.4, -0.2) is 26.6 Å². The normalized spacial score (nSPS) is 11.9. The van der Waals surface area contributed by atoms with Crippen molar-refractivity contribution < 1.29 is 9.59 Å². The van der Waals surface area contributed by atoms with Crippen LogP contribution in [0.3, 0.4) is 0 Å². The lowest BCUT2D eigenvalue weighted by Gasteiger charge is -2.15. The van der Waals surface area contributed by atoms with Gasteiger partial charge >= 0.3 is 0 Å². The SMILES string of the molecule is CCn1ncnc1[C@H](C)NC(=O)CCC(=O)Nc1c(C)cc(C)cc1C. The molecule has 7 heteroatoms. The van der Waals surface area contributed by atoms with E-state index < -0.39 is 0 Å². The third-order valence-corrected chi connectivity index (χ3v) is 4.23. The minimum absolute atomic E-state index is 0.125. The van der Waals surface area contributed by atoms with Crippen LogP contribution < -0.4 is 10.6 Å². The van der Waals surface area contributed by atoms with Gasteiger partial charge in [-0.3, -0.25) is 9.59 Å². The number of nitrogens with one attached hydrogen (secondary N) is 2. The van der Waals surface area contributed by atoms with Crippen molar-refractivity contribution in [2.45, 2.75) is 60.0 Å². The minimum Gasteiger partial charge on any atom is -0.346 e. The highest BCUT2D eigenvalue weighted by atomic mass is 16.2. The van der Waals surface area contributed by atoms with Crippen molar-refractivity contribution in [1.82, 2.24) is 20.1 Å². The van der Waals surface area contributed by atoms with Crippen molar-refractivity contribution >= 4 is 17.5 Å². The quantitative estimate of drug-likeness (QED) is 0.797. The van der Waals surface area contributed by atoms with Crippen molar-refractivity contribution in [3.8, 4) is 0 Å². The Labute approximate surface area is 154 Å². The first kappa shape index (κ1) is 19.6. The lowest BCUT2D eigenvalue weighted by molar-refractivity contribution is -0.124. The molecule has 2 rings (SSSR count). The van der Waals surface area contributed by atoms with Crippen LogP contribution in [0.4, 0.5) is 5.69 Å². The summed E-state index contributed by atoms with van der Waals surface area (Å²) in [6, 6.07) is 3.80. The number of benzene rings is 1. The Kier molecular flexibility index (Phi) is 6.49. The molecule has 7 nitrogen and oxygen atoms in total. The number of hydrogen-bond donors (Lipinski definition) is 2. The number of rotatable bonds is 7. The number of carbonyl (C=O) groups is 2. The highest BCUT2D eigenvalue weighted by molar-refractivity contribution is 5.94. The van der Waals surface area contributed by atoms with Crippen molar-refractivity contribution in [2.24, 2.45) is 0 Å². The standard InChI is InChI=1S/C19H27N5O2/c1-6-24-19(20-11-21-24)15(5)22-16(25)7-8-17(26)23-18-13(3)9-12(2)10-14(18)4/h9-11,15H,6-8H2,1-5H3,(H,22,25)(H,23,26)/t15-/m0/s1. The first-order valence-electron chi connectivity index (χ1n) is 8.86. The number of aryl methyl sites for hydroxylation is 4. The lowest BCUT2D eigenvalue weighted by Crippen LogP contribution is -2.29. The second-order valence-electron chi connectivity index (χ2n) is 6.55. The van der Waals surface area contributed by atoms with E-state index in [-0.39, 0.29) is 30.7 Å². The van der Waals surface area contributed by atoms with Crippen LogP contribution in [0, 0.1) is 20.8 Å². The molecule has 0 aliphatic carbocycles. The summed E-state index contributed by atoms with van der Waals surface area (Å²) in [6.45, 7) is 10.5. The molecule has 1 aromatic heterocycles. The van der Waals surface area contributed by atoms with Gasteiger partial charge in [-0.2, -0.15) is 5.10 Å². The van der Waals surface area contributed by atoms with Crippen LogP contribution in [0.15, 0.2) is 18.5 Å². The van der Waals surface area contributed by atoms with Crippen LogP contribution in [0.25, 0.3) is 0 Å². The first-order chi connectivity index (χ1) is 12.3. The van der Waals surface area contributed by atoms with E-state index >= 15 is 0 Å². The van der Waals surface area contributed by atoms with Crippen molar-refractivity contribution in [2.75, 3.05) is 5.32 Å². The third kappa shape index (κ3) is 4.91. The lowest BCUT2D eigenvalue weighted by atomic mass is 10.0. The molecule has 0 aliphatic heterocycles. The summed E-state index contributed by atoms with van der Waals surface area (Å²) < 4.78 is 1.74. The summed E-state index contributed by atoms with van der Waals surface area (Å²) >= 11 is 0. The molecule has 0 aliphatic rings. The molecular weight excluding hydrogens is 330 g/mol. The van der Waals surface area contributed by atoms with E-state index in [1.165, 1.54) is 6.33 Å². The predicted octanol–water partition coefficient (Wildman–Crippen LogP) is 2.82. The molecule has 2 aromatic rings. The second-order valence-corrected chi connectivity index (χ2v) is 6.55. The zero-order valence-corrected chi connectivity index (χ0v) is 16.1. The fourth-order valence-corrected chi connectivity index (χ4v) is 3.04. The van der Waals surface area contributed by atoms with Gasteiger partial charge in [-0.15, -0.1) is 0 Å². The Morgan fingerprint density at radius 2 is 1.73 bits per heavy atom.